The smallest absolute Gasteiger partial charge is 0.284 e. The average Bonchev–Trinajstić information content (AvgIpc) is 0.811. The highest BCUT2D eigenvalue weighted by Gasteiger charge is 1.62. The van der Waals surface area contributed by atoms with E-state index < -0.39 is 11.4 Å². The molecular formula is H5O3PS. The highest BCUT2D eigenvalue weighted by molar-refractivity contribution is 7.73. The molecule has 0 fully saturated rings. The molecule has 0 heterocycles. The summed E-state index contributed by atoms with van der Waals surface area (Å²) in [6.45, 7) is 0. The fraction of sp³-hybridized carbons (Fsp3) is 0. The number of hydrogen-bond acceptors (Lipinski definition) is 1. The highest BCUT2D eigenvalue weighted by atomic mass is 32.2. The summed E-state index contributed by atoms with van der Waals surface area (Å²) in [6, 6.07) is 0. The van der Waals surface area contributed by atoms with E-state index in [1.807, 2.05) is 0 Å². The van der Waals surface area contributed by atoms with Crippen molar-refractivity contribution in [3.8, 4) is 0 Å². The summed E-state index contributed by atoms with van der Waals surface area (Å²) >= 11 is -2.61. The Bertz CT molecular complexity index is 29.9. The molecule has 5 heteroatoms. The van der Waals surface area contributed by atoms with Crippen LogP contribution in [0.15, 0.2) is 0 Å². The van der Waals surface area contributed by atoms with Crippen LogP contribution in [-0.2, 0) is 11.4 Å². The van der Waals surface area contributed by atoms with Gasteiger partial charge in [0, 0.05) is 0 Å². The molecule has 1 atom stereocenters. The molecule has 0 spiro atoms. The van der Waals surface area contributed by atoms with Crippen LogP contribution in [0.2, 0.25) is 0 Å². The Morgan fingerprint density at radius 1 is 1.40 bits per heavy atom. The third kappa shape index (κ3) is 113. The Morgan fingerprint density at radius 2 is 1.40 bits per heavy atom. The Kier molecular flexibility index (Phi) is 8.18. The van der Waals surface area contributed by atoms with E-state index in [0.717, 1.165) is 0 Å². The van der Waals surface area contributed by atoms with Crippen LogP contribution in [0.25, 0.3) is 0 Å². The zero-order valence-corrected chi connectivity index (χ0v) is 4.65. The molecule has 0 aliphatic rings. The second-order valence-corrected chi connectivity index (χ2v) is 0.692. The van der Waals surface area contributed by atoms with E-state index >= 15 is 0 Å². The predicted molar refractivity (Wildman–Crippen MR) is 24.5 cm³/mol. The summed E-state index contributed by atoms with van der Waals surface area (Å²) in [6.07, 6.45) is 0. The van der Waals surface area contributed by atoms with Crippen molar-refractivity contribution in [2.75, 3.05) is 0 Å². The van der Waals surface area contributed by atoms with Gasteiger partial charge in [0.05, 0.1) is 0 Å². The molecule has 0 aromatic carbocycles. The lowest BCUT2D eigenvalue weighted by Gasteiger charge is -1.59. The van der Waals surface area contributed by atoms with Gasteiger partial charge in [-0.2, -0.15) is 14.1 Å². The molecule has 0 aromatic heterocycles. The molecule has 0 aromatic rings. The first-order valence-electron chi connectivity index (χ1n) is 0.532. The minimum atomic E-state index is -2.61. The van der Waals surface area contributed by atoms with Crippen molar-refractivity contribution in [2.24, 2.45) is 0 Å². The largest absolute Gasteiger partial charge is 0.299 e. The Morgan fingerprint density at radius 3 is 1.40 bits per heavy atom. The first kappa shape index (κ1) is 9.09. The Hall–Kier alpha value is 0.500. The third-order valence-corrected chi connectivity index (χ3v) is 0. The van der Waals surface area contributed by atoms with Crippen molar-refractivity contribution in [1.82, 2.24) is 0 Å². The van der Waals surface area contributed by atoms with Crippen LogP contribution in [-0.4, -0.2) is 13.3 Å². The molecule has 2 N–H and O–H groups in total. The third-order valence-electron chi connectivity index (χ3n) is 0. The minimum absolute atomic E-state index is 0. The average molecular weight is 116 g/mol. The lowest BCUT2D eigenvalue weighted by Crippen LogP contribution is -1.74. The number of hydrogen-bond donors (Lipinski definition) is 2. The van der Waals surface area contributed by atoms with Crippen molar-refractivity contribution in [3.05, 3.63) is 0 Å². The van der Waals surface area contributed by atoms with E-state index in [2.05, 4.69) is 0 Å². The summed E-state index contributed by atoms with van der Waals surface area (Å²) in [5.41, 5.74) is 0. The molecule has 0 amide bonds. The van der Waals surface area contributed by atoms with E-state index in [4.69, 9.17) is 13.3 Å². The van der Waals surface area contributed by atoms with Crippen LogP contribution < -0.4 is 0 Å². The lowest BCUT2D eigenvalue weighted by molar-refractivity contribution is 0.454. The summed E-state index contributed by atoms with van der Waals surface area (Å²) in [4.78, 5) is 0. The van der Waals surface area contributed by atoms with Crippen LogP contribution in [0.5, 0.6) is 0 Å². The van der Waals surface area contributed by atoms with Crippen molar-refractivity contribution in [1.29, 1.82) is 0 Å². The zero-order valence-electron chi connectivity index (χ0n) is 2.42. The van der Waals surface area contributed by atoms with Gasteiger partial charge in [-0.15, -0.1) is 0 Å². The van der Waals surface area contributed by atoms with Gasteiger partial charge in [-0.3, -0.25) is 9.11 Å². The molecule has 0 bridgehead atoms. The second kappa shape index (κ2) is 4.50. The van der Waals surface area contributed by atoms with Crippen LogP contribution >= 0.6 is 9.90 Å². The van der Waals surface area contributed by atoms with E-state index in [-0.39, 0.29) is 9.90 Å². The van der Waals surface area contributed by atoms with Crippen LogP contribution in [0.1, 0.15) is 0 Å². The molecule has 34 valence electrons. The first-order valence-corrected chi connectivity index (χ1v) is 1.60. The quantitative estimate of drug-likeness (QED) is 0.338. The van der Waals surface area contributed by atoms with E-state index in [9.17, 15) is 0 Å². The molecular weight excluding hydrogens is 111 g/mol. The molecule has 0 aliphatic carbocycles. The first-order chi connectivity index (χ1) is 1.73. The van der Waals surface area contributed by atoms with Crippen molar-refractivity contribution in [2.45, 2.75) is 0 Å². The van der Waals surface area contributed by atoms with Crippen LogP contribution in [0.3, 0.4) is 0 Å². The van der Waals surface area contributed by atoms with Crippen LogP contribution in [0.4, 0.5) is 0 Å². The van der Waals surface area contributed by atoms with Crippen molar-refractivity contribution in [3.63, 3.8) is 0 Å². The summed E-state index contributed by atoms with van der Waals surface area (Å²) in [5, 5.41) is 0. The Labute approximate surface area is 35.5 Å². The topological polar surface area (TPSA) is 57.5 Å². The normalized spacial score (nSPS) is 7.00. The van der Waals surface area contributed by atoms with Crippen molar-refractivity contribution < 1.29 is 13.3 Å². The lowest BCUT2D eigenvalue weighted by atomic mass is 15.8. The number of rotatable bonds is 0. The van der Waals surface area contributed by atoms with E-state index in [1.165, 1.54) is 0 Å². The summed E-state index contributed by atoms with van der Waals surface area (Å²) in [5.74, 6) is 0. The fourth-order valence-corrected chi connectivity index (χ4v) is 0. The van der Waals surface area contributed by atoms with Gasteiger partial charge in [-0.1, -0.05) is 0 Å². The molecule has 0 aliphatic heterocycles. The summed E-state index contributed by atoms with van der Waals surface area (Å²) < 4.78 is 22.8. The zero-order chi connectivity index (χ0) is 3.58. The van der Waals surface area contributed by atoms with E-state index in [0.29, 0.717) is 0 Å². The maximum Gasteiger partial charge on any atom is 0.299 e. The fourth-order valence-electron chi connectivity index (χ4n) is 0. The SMILES string of the molecule is O=S(O)O.P. The second-order valence-electron chi connectivity index (χ2n) is 0.231. The monoisotopic (exact) mass is 116 g/mol. The molecule has 5 heavy (non-hydrogen) atoms. The highest BCUT2D eigenvalue weighted by Crippen LogP contribution is 1.44. The minimum Gasteiger partial charge on any atom is -0.284 e. The maximum atomic E-state index is 8.67. The van der Waals surface area contributed by atoms with Gasteiger partial charge in [-0.05, 0) is 0 Å². The summed E-state index contributed by atoms with van der Waals surface area (Å²) in [7, 11) is 0. The molecule has 0 rings (SSSR count). The molecule has 3 nitrogen and oxygen atoms in total. The van der Waals surface area contributed by atoms with Crippen LogP contribution in [0, 0.1) is 0 Å². The van der Waals surface area contributed by atoms with Crippen molar-refractivity contribution >= 4 is 21.3 Å². The van der Waals surface area contributed by atoms with Gasteiger partial charge >= 0.3 is 0 Å². The van der Waals surface area contributed by atoms with Gasteiger partial charge in [0.25, 0.3) is 11.4 Å². The predicted octanol–water partition coefficient (Wildman–Crippen LogP) is -0.261. The molecule has 0 radical (unpaired) electrons. The Balaban J connectivity index is 0. The molecule has 1 unspecified atom stereocenters. The van der Waals surface area contributed by atoms with Gasteiger partial charge in [0.2, 0.25) is 0 Å². The van der Waals surface area contributed by atoms with Gasteiger partial charge in [0.15, 0.2) is 0 Å². The molecule has 0 saturated carbocycles. The van der Waals surface area contributed by atoms with E-state index in [1.54, 1.807) is 0 Å². The maximum absolute atomic E-state index is 8.67. The molecule has 0 saturated heterocycles. The van der Waals surface area contributed by atoms with Gasteiger partial charge in [0.1, 0.15) is 0 Å². The standard InChI is InChI=1S/H2O3S.H3P/c1-4(2)3;/h(H2,1,2,3);1H3. The van der Waals surface area contributed by atoms with Gasteiger partial charge in [-0.25, -0.2) is 0 Å². The van der Waals surface area contributed by atoms with Gasteiger partial charge < -0.3 is 0 Å².